The Morgan fingerprint density at radius 2 is 1.97 bits per heavy atom. The van der Waals surface area contributed by atoms with Crippen LogP contribution in [0.4, 0.5) is 5.69 Å². The molecule has 0 atom stereocenters. The van der Waals surface area contributed by atoms with Crippen molar-refractivity contribution < 1.29 is 14.5 Å². The number of methoxy groups -OCH3 is 1. The minimum Gasteiger partial charge on any atom is -0.495 e. The number of nitro benzene ring substituents is 1. The van der Waals surface area contributed by atoms with Crippen LogP contribution in [0.3, 0.4) is 0 Å². The Labute approximate surface area is 178 Å². The van der Waals surface area contributed by atoms with Gasteiger partial charge < -0.3 is 9.64 Å². The molecule has 0 radical (unpaired) electrons. The Morgan fingerprint density at radius 3 is 2.70 bits per heavy atom. The van der Waals surface area contributed by atoms with Gasteiger partial charge in [-0.05, 0) is 37.5 Å². The van der Waals surface area contributed by atoms with E-state index in [1.165, 1.54) is 30.3 Å². The molecule has 1 aliphatic rings. The number of non-ortho nitro benzene ring substituents is 1. The van der Waals surface area contributed by atoms with Gasteiger partial charge in [-0.25, -0.2) is 4.98 Å². The summed E-state index contributed by atoms with van der Waals surface area (Å²) in [6.07, 6.45) is 3.25. The van der Waals surface area contributed by atoms with Gasteiger partial charge in [0.25, 0.3) is 5.69 Å². The summed E-state index contributed by atoms with van der Waals surface area (Å²) in [7, 11) is 1.59. The number of aromatic nitrogens is 2. The molecule has 156 valence electrons. The van der Waals surface area contributed by atoms with Gasteiger partial charge in [0.2, 0.25) is 5.91 Å². The van der Waals surface area contributed by atoms with Crippen LogP contribution in [0.2, 0.25) is 0 Å². The number of nitro groups is 1. The van der Waals surface area contributed by atoms with Crippen molar-refractivity contribution >= 4 is 34.4 Å². The summed E-state index contributed by atoms with van der Waals surface area (Å²) in [5.74, 6) is 1.00. The molecular formula is C21H22N4O4S. The first-order valence-electron chi connectivity index (χ1n) is 9.79. The minimum absolute atomic E-state index is 0.0203. The maximum atomic E-state index is 12.7. The molecule has 0 saturated carbocycles. The minimum atomic E-state index is -0.436. The van der Waals surface area contributed by atoms with E-state index in [4.69, 9.17) is 4.74 Å². The first-order valence-corrected chi connectivity index (χ1v) is 10.8. The van der Waals surface area contributed by atoms with Gasteiger partial charge in [-0.3, -0.25) is 19.5 Å². The first kappa shape index (κ1) is 20.2. The van der Waals surface area contributed by atoms with Crippen LogP contribution in [-0.4, -0.2) is 51.2 Å². The molecule has 2 heterocycles. The van der Waals surface area contributed by atoms with Crippen LogP contribution >= 0.6 is 11.8 Å². The third-order valence-electron chi connectivity index (χ3n) is 5.18. The van der Waals surface area contributed by atoms with E-state index in [0.29, 0.717) is 16.4 Å². The highest BCUT2D eigenvalue weighted by Crippen LogP contribution is 2.34. The monoisotopic (exact) mass is 426 g/mol. The maximum absolute atomic E-state index is 12.7. The van der Waals surface area contributed by atoms with Crippen molar-refractivity contribution in [1.29, 1.82) is 0 Å². The van der Waals surface area contributed by atoms with Crippen molar-refractivity contribution in [2.24, 2.45) is 0 Å². The molecule has 0 aliphatic carbocycles. The van der Waals surface area contributed by atoms with Crippen molar-refractivity contribution in [3.63, 3.8) is 0 Å². The highest BCUT2D eigenvalue weighted by molar-refractivity contribution is 7.99. The highest BCUT2D eigenvalue weighted by atomic mass is 32.2. The van der Waals surface area contributed by atoms with Gasteiger partial charge in [-0.2, -0.15) is 0 Å². The zero-order chi connectivity index (χ0) is 21.1. The van der Waals surface area contributed by atoms with Gasteiger partial charge in [-0.15, -0.1) is 0 Å². The second-order valence-corrected chi connectivity index (χ2v) is 8.00. The fraction of sp³-hybridized carbons (Fsp3) is 0.333. The Hall–Kier alpha value is -3.07. The normalized spacial score (nSPS) is 14.1. The lowest BCUT2D eigenvalue weighted by atomic mass is 10.1. The molecule has 1 aliphatic heterocycles. The maximum Gasteiger partial charge on any atom is 0.271 e. The molecule has 30 heavy (non-hydrogen) atoms. The number of likely N-dealkylation sites (tertiary alicyclic amines) is 1. The Morgan fingerprint density at radius 1 is 1.20 bits per heavy atom. The number of carbonyl (C=O) groups excluding carboxylic acids is 1. The molecule has 0 N–H and O–H groups in total. The highest BCUT2D eigenvalue weighted by Gasteiger charge is 2.21. The molecule has 0 spiro atoms. The van der Waals surface area contributed by atoms with Gasteiger partial charge in [0.15, 0.2) is 5.16 Å². The number of para-hydroxylation sites is 2. The third-order valence-corrected chi connectivity index (χ3v) is 6.10. The summed E-state index contributed by atoms with van der Waals surface area (Å²) in [5.41, 5.74) is 1.97. The van der Waals surface area contributed by atoms with Crippen molar-refractivity contribution in [2.75, 3.05) is 26.0 Å². The number of piperidine rings is 1. The molecule has 0 unspecified atom stereocenters. The molecule has 1 fully saturated rings. The Bertz CT molecular complexity index is 1090. The van der Waals surface area contributed by atoms with Crippen LogP contribution in [-0.2, 0) is 4.79 Å². The molecule has 8 nitrogen and oxygen atoms in total. The number of thioether (sulfide) groups is 1. The fourth-order valence-electron chi connectivity index (χ4n) is 3.67. The number of amides is 1. The predicted octanol–water partition coefficient (Wildman–Crippen LogP) is 4.05. The lowest BCUT2D eigenvalue weighted by Gasteiger charge is -2.26. The van der Waals surface area contributed by atoms with Crippen molar-refractivity contribution in [2.45, 2.75) is 24.4 Å². The van der Waals surface area contributed by atoms with E-state index >= 15 is 0 Å². The standard InChI is InChI=1S/C21H22N4O4S/c1-29-19-8-4-3-7-18(19)24-17-10-9-15(25(27)28)13-16(17)22-21(24)30-14-20(26)23-11-5-2-6-12-23/h3-4,7-10,13H,2,5-6,11-12,14H2,1H3. The van der Waals surface area contributed by atoms with Crippen LogP contribution < -0.4 is 4.74 Å². The summed E-state index contributed by atoms with van der Waals surface area (Å²) in [6.45, 7) is 1.60. The zero-order valence-corrected chi connectivity index (χ0v) is 17.4. The Balaban J connectivity index is 1.73. The number of nitrogens with zero attached hydrogens (tertiary/aromatic N) is 4. The largest absolute Gasteiger partial charge is 0.495 e. The molecule has 3 aromatic rings. The van der Waals surface area contributed by atoms with E-state index in [1.807, 2.05) is 33.7 Å². The summed E-state index contributed by atoms with van der Waals surface area (Å²) < 4.78 is 7.41. The van der Waals surface area contributed by atoms with Crippen molar-refractivity contribution in [1.82, 2.24) is 14.5 Å². The molecule has 9 heteroatoms. The predicted molar refractivity (Wildman–Crippen MR) is 115 cm³/mol. The number of imidazole rings is 1. The van der Waals surface area contributed by atoms with Gasteiger partial charge in [0, 0.05) is 25.2 Å². The second-order valence-electron chi connectivity index (χ2n) is 7.06. The molecule has 4 rings (SSSR count). The van der Waals surface area contributed by atoms with Crippen molar-refractivity contribution in [3.8, 4) is 11.4 Å². The molecule has 1 aromatic heterocycles. The van der Waals surface area contributed by atoms with Crippen LogP contribution in [0.5, 0.6) is 5.75 Å². The summed E-state index contributed by atoms with van der Waals surface area (Å²) in [4.78, 5) is 29.9. The zero-order valence-electron chi connectivity index (χ0n) is 16.6. The quantitative estimate of drug-likeness (QED) is 0.336. The second kappa shape index (κ2) is 8.74. The molecule has 1 saturated heterocycles. The van der Waals surface area contributed by atoms with Gasteiger partial charge in [-0.1, -0.05) is 23.9 Å². The topological polar surface area (TPSA) is 90.5 Å². The van der Waals surface area contributed by atoms with E-state index < -0.39 is 4.92 Å². The van der Waals surface area contributed by atoms with Crippen LogP contribution in [0, 0.1) is 10.1 Å². The Kier molecular flexibility index (Phi) is 5.89. The van der Waals surface area contributed by atoms with Gasteiger partial charge in [0.1, 0.15) is 5.75 Å². The number of carbonyl (C=O) groups is 1. The van der Waals surface area contributed by atoms with Gasteiger partial charge in [0.05, 0.1) is 34.5 Å². The summed E-state index contributed by atoms with van der Waals surface area (Å²) in [6, 6.07) is 12.1. The third kappa shape index (κ3) is 3.97. The number of rotatable bonds is 6. The lowest BCUT2D eigenvalue weighted by Crippen LogP contribution is -2.36. The number of ether oxygens (including phenoxy) is 1. The number of hydrogen-bond donors (Lipinski definition) is 0. The number of benzene rings is 2. The lowest BCUT2D eigenvalue weighted by molar-refractivity contribution is -0.384. The van der Waals surface area contributed by atoms with E-state index in [-0.39, 0.29) is 17.3 Å². The SMILES string of the molecule is COc1ccccc1-n1c(SCC(=O)N2CCCCC2)nc2cc([N+](=O)[O-])ccc21. The van der Waals surface area contributed by atoms with Crippen LogP contribution in [0.25, 0.3) is 16.7 Å². The van der Waals surface area contributed by atoms with Crippen molar-refractivity contribution in [3.05, 3.63) is 52.6 Å². The van der Waals surface area contributed by atoms with Gasteiger partial charge >= 0.3 is 0 Å². The molecule has 1 amide bonds. The smallest absolute Gasteiger partial charge is 0.271 e. The summed E-state index contributed by atoms with van der Waals surface area (Å²) in [5, 5.41) is 11.8. The van der Waals surface area contributed by atoms with Crippen LogP contribution in [0.15, 0.2) is 47.6 Å². The van der Waals surface area contributed by atoms with E-state index in [0.717, 1.165) is 37.1 Å². The fourth-order valence-corrected chi connectivity index (χ4v) is 4.59. The first-order chi connectivity index (χ1) is 14.6. The molecule has 2 aromatic carbocycles. The number of hydrogen-bond acceptors (Lipinski definition) is 6. The summed E-state index contributed by atoms with van der Waals surface area (Å²) >= 11 is 1.34. The van der Waals surface area contributed by atoms with E-state index in [9.17, 15) is 14.9 Å². The van der Waals surface area contributed by atoms with E-state index in [1.54, 1.807) is 13.2 Å². The molecule has 0 bridgehead atoms. The van der Waals surface area contributed by atoms with E-state index in [2.05, 4.69) is 4.98 Å². The average molecular weight is 426 g/mol. The average Bonchev–Trinajstić information content (AvgIpc) is 3.15. The molecular weight excluding hydrogens is 404 g/mol. The number of fused-ring (bicyclic) bond motifs is 1. The van der Waals surface area contributed by atoms with Crippen LogP contribution in [0.1, 0.15) is 19.3 Å².